The molecule has 3 atom stereocenters. The summed E-state index contributed by atoms with van der Waals surface area (Å²) >= 11 is 6.15. The van der Waals surface area contributed by atoms with E-state index in [1.54, 1.807) is 24.0 Å². The number of ether oxygens (including phenoxy) is 1. The standard InChI is InChI=1S/C28H26ClF2N7O3/c1-28(19-4-2-5-20(29)22(19)31)14-38(24-21(30)6-3-7-32-24)25(39)18-9-33-26(35-23(18)28)34-15-10-36(11-15)27(40)37-12-17-8-16(37)13-41-17/h2-7,9,15-17H,8,10-14H2,1H3,(H,33,34,35)/t16-,17-,28+/m0/s1. The van der Waals surface area contributed by atoms with Crippen molar-refractivity contribution in [1.82, 2.24) is 24.8 Å². The van der Waals surface area contributed by atoms with Crippen molar-refractivity contribution in [3.05, 3.63) is 76.2 Å². The zero-order valence-corrected chi connectivity index (χ0v) is 22.8. The number of morpholine rings is 1. The van der Waals surface area contributed by atoms with Gasteiger partial charge in [-0.25, -0.2) is 28.5 Å². The summed E-state index contributed by atoms with van der Waals surface area (Å²) in [5, 5.41) is 3.16. The molecule has 1 aromatic carbocycles. The number of likely N-dealkylation sites (tertiary alicyclic amines) is 2. The topological polar surface area (TPSA) is 104 Å². The van der Waals surface area contributed by atoms with E-state index in [1.807, 2.05) is 4.90 Å². The van der Waals surface area contributed by atoms with Gasteiger partial charge in [-0.15, -0.1) is 0 Å². The highest BCUT2D eigenvalue weighted by Crippen LogP contribution is 2.42. The summed E-state index contributed by atoms with van der Waals surface area (Å²) in [7, 11) is 0. The molecule has 2 aromatic heterocycles. The molecule has 212 valence electrons. The quantitative estimate of drug-likeness (QED) is 0.503. The highest BCUT2D eigenvalue weighted by Gasteiger charge is 2.47. The van der Waals surface area contributed by atoms with Crippen LogP contribution in [0, 0.1) is 11.6 Å². The van der Waals surface area contributed by atoms with E-state index < -0.39 is 23.0 Å². The number of pyridine rings is 1. The van der Waals surface area contributed by atoms with Gasteiger partial charge in [0.25, 0.3) is 5.91 Å². The van der Waals surface area contributed by atoms with E-state index in [0.29, 0.717) is 26.2 Å². The highest BCUT2D eigenvalue weighted by atomic mass is 35.5. The van der Waals surface area contributed by atoms with Crippen molar-refractivity contribution in [2.75, 3.05) is 43.0 Å². The van der Waals surface area contributed by atoms with Gasteiger partial charge in [-0.05, 0) is 31.5 Å². The van der Waals surface area contributed by atoms with Crippen molar-refractivity contribution >= 4 is 35.3 Å². The molecule has 3 amide bonds. The molecule has 0 radical (unpaired) electrons. The third-order valence-corrected chi connectivity index (χ3v) is 8.73. The molecule has 3 aromatic rings. The Hall–Kier alpha value is -3.90. The molecule has 3 fully saturated rings. The number of amides is 3. The number of nitrogens with one attached hydrogen (secondary N) is 1. The minimum absolute atomic E-state index is 0.00153. The van der Waals surface area contributed by atoms with Crippen molar-refractivity contribution in [3.63, 3.8) is 0 Å². The summed E-state index contributed by atoms with van der Waals surface area (Å²) in [4.78, 5) is 44.5. The fourth-order valence-electron chi connectivity index (χ4n) is 6.25. The van der Waals surface area contributed by atoms with Crippen molar-refractivity contribution in [2.45, 2.75) is 36.9 Å². The number of nitrogens with zero attached hydrogens (tertiary/aromatic N) is 6. The number of fused-ring (bicyclic) bond motifs is 3. The molecule has 4 aliphatic heterocycles. The third-order valence-electron chi connectivity index (χ3n) is 8.43. The molecular weight excluding hydrogens is 556 g/mol. The fraction of sp³-hybridized carbons (Fsp3) is 0.393. The van der Waals surface area contributed by atoms with E-state index >= 15 is 4.39 Å². The number of anilines is 2. The van der Waals surface area contributed by atoms with E-state index in [9.17, 15) is 14.0 Å². The van der Waals surface area contributed by atoms with Gasteiger partial charge in [0.2, 0.25) is 5.95 Å². The lowest BCUT2D eigenvalue weighted by molar-refractivity contribution is 0.0303. The minimum Gasteiger partial charge on any atom is -0.374 e. The summed E-state index contributed by atoms with van der Waals surface area (Å²) in [6.07, 6.45) is 3.77. The average Bonchev–Trinajstić information content (AvgIpc) is 3.58. The number of rotatable bonds is 4. The summed E-state index contributed by atoms with van der Waals surface area (Å²) in [6.45, 7) is 3.75. The molecule has 0 unspecified atom stereocenters. The second kappa shape index (κ2) is 9.59. The molecule has 0 spiro atoms. The molecule has 0 saturated carbocycles. The maximum absolute atomic E-state index is 15.5. The smallest absolute Gasteiger partial charge is 0.320 e. The first kappa shape index (κ1) is 26.0. The van der Waals surface area contributed by atoms with Gasteiger partial charge in [0.15, 0.2) is 11.6 Å². The second-order valence-corrected chi connectivity index (χ2v) is 11.5. The lowest BCUT2D eigenvalue weighted by Gasteiger charge is -2.43. The number of hydrogen-bond acceptors (Lipinski definition) is 7. The van der Waals surface area contributed by atoms with Crippen LogP contribution < -0.4 is 10.2 Å². The maximum atomic E-state index is 15.5. The Morgan fingerprint density at radius 2 is 2.00 bits per heavy atom. The summed E-state index contributed by atoms with van der Waals surface area (Å²) in [6, 6.07) is 7.32. The van der Waals surface area contributed by atoms with Gasteiger partial charge in [0.1, 0.15) is 5.82 Å². The van der Waals surface area contributed by atoms with Gasteiger partial charge < -0.3 is 19.9 Å². The zero-order chi connectivity index (χ0) is 28.5. The van der Waals surface area contributed by atoms with Gasteiger partial charge >= 0.3 is 6.03 Å². The lowest BCUT2D eigenvalue weighted by atomic mass is 9.74. The third kappa shape index (κ3) is 4.19. The number of carbonyl (C=O) groups is 2. The van der Waals surface area contributed by atoms with Crippen LogP contribution in [0.4, 0.5) is 25.3 Å². The molecule has 2 bridgehead atoms. The van der Waals surface area contributed by atoms with Gasteiger partial charge in [-0.3, -0.25) is 9.69 Å². The molecule has 41 heavy (non-hydrogen) atoms. The first-order valence-electron chi connectivity index (χ1n) is 13.4. The normalized spacial score (nSPS) is 25.4. The number of carbonyl (C=O) groups excluding carboxylic acids is 2. The van der Waals surface area contributed by atoms with E-state index in [2.05, 4.69) is 15.3 Å². The van der Waals surface area contributed by atoms with Crippen LogP contribution in [0.1, 0.15) is 35.0 Å². The number of halogens is 3. The van der Waals surface area contributed by atoms with Gasteiger partial charge in [-0.1, -0.05) is 23.7 Å². The van der Waals surface area contributed by atoms with E-state index in [0.717, 1.165) is 6.42 Å². The van der Waals surface area contributed by atoms with Crippen molar-refractivity contribution in [1.29, 1.82) is 0 Å². The minimum atomic E-state index is -1.22. The Bertz CT molecular complexity index is 1570. The van der Waals surface area contributed by atoms with Crippen molar-refractivity contribution in [3.8, 4) is 0 Å². The highest BCUT2D eigenvalue weighted by molar-refractivity contribution is 6.30. The largest absolute Gasteiger partial charge is 0.374 e. The molecule has 4 aliphatic rings. The SMILES string of the molecule is C[C@]1(c2cccc(Cl)c2F)CN(c2ncccc2F)C(=O)c2cnc(NC3CN(C(=O)N4C[C@@H]5C[C@H]4CO5)C3)nc21. The van der Waals surface area contributed by atoms with E-state index in [1.165, 1.54) is 35.5 Å². The van der Waals surface area contributed by atoms with Crippen LogP contribution in [0.5, 0.6) is 0 Å². The maximum Gasteiger partial charge on any atom is 0.320 e. The van der Waals surface area contributed by atoms with Gasteiger partial charge in [0, 0.05) is 44.1 Å². The molecule has 0 aliphatic carbocycles. The molecule has 6 heterocycles. The van der Waals surface area contributed by atoms with Crippen LogP contribution in [-0.2, 0) is 10.2 Å². The fourth-order valence-corrected chi connectivity index (χ4v) is 6.43. The van der Waals surface area contributed by atoms with Gasteiger partial charge in [-0.2, -0.15) is 0 Å². The average molecular weight is 582 g/mol. The van der Waals surface area contributed by atoms with Crippen molar-refractivity contribution in [2.24, 2.45) is 0 Å². The predicted octanol–water partition coefficient (Wildman–Crippen LogP) is 3.46. The zero-order valence-electron chi connectivity index (χ0n) is 22.1. The van der Waals surface area contributed by atoms with Crippen LogP contribution in [0.3, 0.4) is 0 Å². The van der Waals surface area contributed by atoms with Crippen molar-refractivity contribution < 1.29 is 23.1 Å². The predicted molar refractivity (Wildman–Crippen MR) is 145 cm³/mol. The lowest BCUT2D eigenvalue weighted by Crippen LogP contribution is -2.61. The molecule has 3 saturated heterocycles. The summed E-state index contributed by atoms with van der Waals surface area (Å²) in [5.74, 6) is -1.81. The van der Waals surface area contributed by atoms with Crippen LogP contribution in [0.2, 0.25) is 5.02 Å². The van der Waals surface area contributed by atoms with Crippen LogP contribution in [0.15, 0.2) is 42.7 Å². The van der Waals surface area contributed by atoms with E-state index in [-0.39, 0.29) is 64.4 Å². The molecule has 13 heteroatoms. The first-order chi connectivity index (χ1) is 19.7. The molecule has 10 nitrogen and oxygen atoms in total. The molecular formula is C28H26ClF2N7O3. The van der Waals surface area contributed by atoms with Crippen LogP contribution >= 0.6 is 11.6 Å². The Morgan fingerprint density at radius 1 is 1.17 bits per heavy atom. The summed E-state index contributed by atoms with van der Waals surface area (Å²) < 4.78 is 35.8. The second-order valence-electron chi connectivity index (χ2n) is 11.1. The monoisotopic (exact) mass is 581 g/mol. The Labute approximate surface area is 239 Å². The number of aromatic nitrogens is 3. The van der Waals surface area contributed by atoms with E-state index in [4.69, 9.17) is 21.3 Å². The van der Waals surface area contributed by atoms with Crippen LogP contribution in [-0.4, -0.2) is 87.7 Å². The molecule has 1 N–H and O–H groups in total. The van der Waals surface area contributed by atoms with Gasteiger partial charge in [0.05, 0.1) is 46.5 Å². The summed E-state index contributed by atoms with van der Waals surface area (Å²) in [5.41, 5.74) is -0.631. The molecule has 7 rings (SSSR count). The number of hydrogen-bond donors (Lipinski definition) is 1. The Balaban J connectivity index is 1.18. The Kier molecular flexibility index (Phi) is 6.09. The number of urea groups is 1. The first-order valence-corrected chi connectivity index (χ1v) is 13.8. The van der Waals surface area contributed by atoms with Crippen LogP contribution in [0.25, 0.3) is 0 Å². The Morgan fingerprint density at radius 3 is 2.73 bits per heavy atom. The number of benzene rings is 1.